The van der Waals surface area contributed by atoms with Crippen molar-refractivity contribution in [3.05, 3.63) is 82.9 Å². The van der Waals surface area contributed by atoms with E-state index in [1.165, 1.54) is 12.1 Å². The second-order valence-corrected chi connectivity index (χ2v) is 23.4. The van der Waals surface area contributed by atoms with E-state index in [4.69, 9.17) is 0 Å². The molecule has 408 valence electrons. The van der Waals surface area contributed by atoms with Crippen molar-refractivity contribution in [2.75, 3.05) is 45.0 Å². The van der Waals surface area contributed by atoms with E-state index in [2.05, 4.69) is 61.8 Å². The number of aliphatic hydroxyl groups excluding tert-OH is 2. The Morgan fingerprint density at radius 3 is 0.947 bits per heavy atom. The van der Waals surface area contributed by atoms with Gasteiger partial charge in [-0.25, -0.2) is 0 Å². The predicted octanol–water partition coefficient (Wildman–Crippen LogP) is 2.53. The van der Waals surface area contributed by atoms with Crippen LogP contribution in [0.5, 0.6) is 0 Å². The number of aromatic nitrogens is 6. The van der Waals surface area contributed by atoms with Crippen LogP contribution in [0.15, 0.2) is 90.0 Å². The quantitative estimate of drug-likeness (QED) is 0.0343. The number of aliphatic hydroxyl groups is 2. The summed E-state index contributed by atoms with van der Waals surface area (Å²) in [5, 5.41) is 34.8. The minimum absolute atomic E-state index is 0.145. The molecule has 0 unspecified atom stereocenters. The molecule has 0 atom stereocenters. The Bertz CT molecular complexity index is 3760. The largest absolute Gasteiger partial charge is 0.392 e. The lowest BCUT2D eigenvalue weighted by molar-refractivity contribution is 0.277. The SMILES string of the molecule is CCNc1nc(Nc2ccc(C=Cc3ccc(Nc4nc(NCC)nc(Nc5cc(S(=O)(=O)O)c(CO)cc5S(=O)(=O)O)n4)cc3S(=O)(=O)O)c(S(=O)(=O)O)c2)nc(Nc2cc(S(=O)(=O)O)c(CO)cc2S(=O)(=O)O)n1. The average molecular weight is 1180 g/mol. The third kappa shape index (κ3) is 14.4. The van der Waals surface area contributed by atoms with Crippen LogP contribution in [0.1, 0.15) is 36.1 Å². The highest BCUT2D eigenvalue weighted by molar-refractivity contribution is 7.87. The molecule has 0 saturated carbocycles. The molecule has 32 nitrogen and oxygen atoms in total. The minimum Gasteiger partial charge on any atom is -0.392 e. The Morgan fingerprint density at radius 2 is 0.671 bits per heavy atom. The van der Waals surface area contributed by atoms with E-state index in [0.717, 1.165) is 36.4 Å². The summed E-state index contributed by atoms with van der Waals surface area (Å²) in [6, 6.07) is 8.79. The van der Waals surface area contributed by atoms with Gasteiger partial charge in [0, 0.05) is 35.6 Å². The van der Waals surface area contributed by atoms with E-state index in [1.807, 2.05) is 0 Å². The summed E-state index contributed by atoms with van der Waals surface area (Å²) in [6.45, 7) is 1.45. The van der Waals surface area contributed by atoms with Crippen LogP contribution in [-0.4, -0.2) is 131 Å². The van der Waals surface area contributed by atoms with E-state index >= 15 is 0 Å². The molecular weight excluding hydrogens is 1140 g/mol. The second kappa shape index (κ2) is 22.2. The van der Waals surface area contributed by atoms with E-state index < -0.39 is 150 Å². The van der Waals surface area contributed by atoms with Crippen LogP contribution in [0.2, 0.25) is 0 Å². The van der Waals surface area contributed by atoms with Crippen LogP contribution in [0.25, 0.3) is 12.2 Å². The van der Waals surface area contributed by atoms with E-state index in [-0.39, 0.29) is 47.5 Å². The molecule has 0 spiro atoms. The van der Waals surface area contributed by atoms with Gasteiger partial charge in [-0.05, 0) is 73.5 Å². The lowest BCUT2D eigenvalue weighted by Gasteiger charge is -2.15. The molecule has 0 aliphatic heterocycles. The summed E-state index contributed by atoms with van der Waals surface area (Å²) in [5.74, 6) is -2.31. The fraction of sp³-hybridized carbons (Fsp3) is 0.158. The first-order valence-electron chi connectivity index (χ1n) is 20.7. The lowest BCUT2D eigenvalue weighted by atomic mass is 10.1. The number of nitrogens with zero attached hydrogens (tertiary/aromatic N) is 6. The molecular formula is C38H40N12O20S6. The van der Waals surface area contributed by atoms with Crippen LogP contribution in [0.4, 0.5) is 58.4 Å². The standard InChI is InChI=1S/C38H40N12O20S6/c1-3-39-33-45-35(49-37(47-33)43-25-15-29(73(59,60)61)21(17-51)11-31(25)75(65,66)67)41-23-9-7-19(27(13-23)71(53,54)55)5-6-20-8-10-24(14-28(20)72(56,57)58)42-36-46-34(40-4-2)48-38(50-36)44-26-16-30(74(62,63)64)22(18-52)12-32(26)76(68,69)70/h5-16,51-52H,3-4,17-18H2,1-2H3,(H,53,54,55)(H,56,57,58)(H,59,60,61)(H,62,63,64)(H,65,66,67)(H,68,69,70)(H3,39,41,43,45,47,49)(H3,40,42,44,46,48,50). The number of hydrogen-bond donors (Lipinski definition) is 14. The molecule has 0 aliphatic carbocycles. The topological polar surface area (TPSA) is 516 Å². The molecule has 6 rings (SSSR count). The first-order valence-corrected chi connectivity index (χ1v) is 29.3. The Balaban J connectivity index is 1.33. The Labute approximate surface area is 431 Å². The Morgan fingerprint density at radius 1 is 0.382 bits per heavy atom. The smallest absolute Gasteiger partial charge is 0.296 e. The van der Waals surface area contributed by atoms with E-state index in [0.29, 0.717) is 24.3 Å². The number of rotatable bonds is 22. The van der Waals surface area contributed by atoms with Crippen molar-refractivity contribution in [2.45, 2.75) is 56.4 Å². The van der Waals surface area contributed by atoms with Gasteiger partial charge in [0.15, 0.2) is 0 Å². The lowest BCUT2D eigenvalue weighted by Crippen LogP contribution is -2.13. The third-order valence-electron chi connectivity index (χ3n) is 9.75. The molecule has 38 heteroatoms. The molecule has 0 fully saturated rings. The van der Waals surface area contributed by atoms with Crippen LogP contribution in [0, 0.1) is 0 Å². The molecule has 0 amide bonds. The molecule has 76 heavy (non-hydrogen) atoms. The summed E-state index contributed by atoms with van der Waals surface area (Å²) < 4.78 is 208. The maximum absolute atomic E-state index is 12.7. The third-order valence-corrected chi connectivity index (χ3v) is 15.2. The highest BCUT2D eigenvalue weighted by Crippen LogP contribution is 2.34. The van der Waals surface area contributed by atoms with Gasteiger partial charge in [0.2, 0.25) is 35.7 Å². The number of benzene rings is 4. The predicted molar refractivity (Wildman–Crippen MR) is 267 cm³/mol. The van der Waals surface area contributed by atoms with Gasteiger partial charge in [-0.15, -0.1) is 0 Å². The van der Waals surface area contributed by atoms with Gasteiger partial charge in [0.1, 0.15) is 29.4 Å². The highest BCUT2D eigenvalue weighted by Gasteiger charge is 2.27. The van der Waals surface area contributed by atoms with Crippen molar-refractivity contribution in [2.24, 2.45) is 0 Å². The number of hydrogen-bond acceptors (Lipinski definition) is 26. The first-order chi connectivity index (χ1) is 35.2. The van der Waals surface area contributed by atoms with Gasteiger partial charge < -0.3 is 42.1 Å². The highest BCUT2D eigenvalue weighted by atomic mass is 32.2. The fourth-order valence-electron chi connectivity index (χ4n) is 6.63. The van der Waals surface area contributed by atoms with Crippen molar-refractivity contribution >= 4 is 131 Å². The van der Waals surface area contributed by atoms with Crippen molar-refractivity contribution in [1.82, 2.24) is 29.9 Å². The Hall–Kier alpha value is -7.18. The van der Waals surface area contributed by atoms with Crippen LogP contribution >= 0.6 is 0 Å². The molecule has 4 aromatic carbocycles. The van der Waals surface area contributed by atoms with Gasteiger partial charge in [0.05, 0.1) is 24.6 Å². The maximum atomic E-state index is 12.7. The summed E-state index contributed by atoms with van der Waals surface area (Å²) in [7, 11) is -30.7. The van der Waals surface area contributed by atoms with Gasteiger partial charge in [-0.3, -0.25) is 27.3 Å². The van der Waals surface area contributed by atoms with E-state index in [9.17, 15) is 88.0 Å². The number of anilines is 10. The second-order valence-electron chi connectivity index (χ2n) is 15.1. The fourth-order valence-corrected chi connectivity index (χ4v) is 10.8. The van der Waals surface area contributed by atoms with Crippen molar-refractivity contribution < 1.29 is 88.0 Å². The molecule has 14 N–H and O–H groups in total. The van der Waals surface area contributed by atoms with Crippen molar-refractivity contribution in [1.29, 1.82) is 0 Å². The number of nitrogens with one attached hydrogen (secondary N) is 6. The first kappa shape index (κ1) is 58.1. The minimum atomic E-state index is -5.15. The maximum Gasteiger partial charge on any atom is 0.296 e. The normalized spacial score (nSPS) is 12.6. The molecule has 0 aliphatic rings. The van der Waals surface area contributed by atoms with Crippen molar-refractivity contribution in [3.8, 4) is 0 Å². The molecule has 0 radical (unpaired) electrons. The van der Waals surface area contributed by atoms with Gasteiger partial charge in [0.25, 0.3) is 60.7 Å². The van der Waals surface area contributed by atoms with Crippen LogP contribution in [0.3, 0.4) is 0 Å². The zero-order chi connectivity index (χ0) is 56.3. The Kier molecular flexibility index (Phi) is 17.0. The summed E-state index contributed by atoms with van der Waals surface area (Å²) in [6.07, 6.45) is 2.09. The molecule has 0 bridgehead atoms. The zero-order valence-electron chi connectivity index (χ0n) is 38.4. The zero-order valence-corrected chi connectivity index (χ0v) is 43.3. The van der Waals surface area contributed by atoms with Crippen LogP contribution < -0.4 is 31.9 Å². The van der Waals surface area contributed by atoms with Crippen LogP contribution in [-0.2, 0) is 73.9 Å². The molecule has 0 saturated heterocycles. The molecule has 2 aromatic heterocycles. The molecule has 2 heterocycles. The monoisotopic (exact) mass is 1180 g/mol. The van der Waals surface area contributed by atoms with Crippen molar-refractivity contribution in [3.63, 3.8) is 0 Å². The van der Waals surface area contributed by atoms with E-state index in [1.54, 1.807) is 13.8 Å². The van der Waals surface area contributed by atoms with Gasteiger partial charge in [-0.1, -0.05) is 24.3 Å². The van der Waals surface area contributed by atoms with Gasteiger partial charge in [-0.2, -0.15) is 80.4 Å². The summed E-state index contributed by atoms with van der Waals surface area (Å²) >= 11 is 0. The molecule has 6 aromatic rings. The summed E-state index contributed by atoms with van der Waals surface area (Å²) in [4.78, 5) is 19.0. The summed E-state index contributed by atoms with van der Waals surface area (Å²) in [5.41, 5.74) is -3.44. The average Bonchev–Trinajstić information content (AvgIpc) is 3.29. The van der Waals surface area contributed by atoms with Gasteiger partial charge >= 0.3 is 0 Å².